The van der Waals surface area contributed by atoms with Gasteiger partial charge in [0.1, 0.15) is 6.04 Å². The summed E-state index contributed by atoms with van der Waals surface area (Å²) in [4.78, 5) is 24.0. The topological polar surface area (TPSA) is 81.4 Å². The first-order valence-electron chi connectivity index (χ1n) is 6.45. The monoisotopic (exact) mass is 332 g/mol. The van der Waals surface area contributed by atoms with E-state index in [0.717, 1.165) is 0 Å². The minimum Gasteiger partial charge on any atom is -0.467 e. The van der Waals surface area contributed by atoms with E-state index in [-0.39, 0.29) is 27.2 Å². The molecule has 0 radical (unpaired) electrons. The Bertz CT molecular complexity index is 526. The highest BCUT2D eigenvalue weighted by molar-refractivity contribution is 6.39. The number of benzene rings is 1. The number of hydrogen-bond acceptors (Lipinski definition) is 4. The van der Waals surface area contributed by atoms with Crippen LogP contribution in [0.5, 0.6) is 0 Å². The second kappa shape index (κ2) is 7.52. The first kappa shape index (κ1) is 17.6. The van der Waals surface area contributed by atoms with Crippen molar-refractivity contribution in [2.45, 2.75) is 26.3 Å². The maximum Gasteiger partial charge on any atom is 0.328 e. The van der Waals surface area contributed by atoms with Crippen LogP contribution < -0.4 is 11.1 Å². The van der Waals surface area contributed by atoms with Gasteiger partial charge in [-0.2, -0.15) is 0 Å². The van der Waals surface area contributed by atoms with E-state index in [0.29, 0.717) is 6.42 Å². The summed E-state index contributed by atoms with van der Waals surface area (Å²) in [7, 11) is 1.28. The third-order valence-electron chi connectivity index (χ3n) is 3.30. The van der Waals surface area contributed by atoms with Crippen LogP contribution in [-0.4, -0.2) is 25.0 Å². The maximum absolute atomic E-state index is 12.2. The van der Waals surface area contributed by atoms with Crippen LogP contribution in [0, 0.1) is 5.92 Å². The molecule has 0 saturated heterocycles. The van der Waals surface area contributed by atoms with Gasteiger partial charge in [-0.15, -0.1) is 0 Å². The lowest BCUT2D eigenvalue weighted by atomic mass is 9.99. The Morgan fingerprint density at radius 2 is 1.86 bits per heavy atom. The van der Waals surface area contributed by atoms with Crippen LogP contribution in [0.3, 0.4) is 0 Å². The van der Waals surface area contributed by atoms with E-state index >= 15 is 0 Å². The largest absolute Gasteiger partial charge is 0.467 e. The zero-order chi connectivity index (χ0) is 16.2. The number of esters is 1. The lowest BCUT2D eigenvalue weighted by molar-refractivity contribution is -0.144. The number of hydrogen-bond donors (Lipinski definition) is 2. The number of anilines is 1. The fourth-order valence-electron chi connectivity index (χ4n) is 1.74. The van der Waals surface area contributed by atoms with Gasteiger partial charge in [-0.3, -0.25) is 4.79 Å². The fourth-order valence-corrected chi connectivity index (χ4v) is 2.22. The number of amides is 1. The summed E-state index contributed by atoms with van der Waals surface area (Å²) in [6.45, 7) is 3.77. The zero-order valence-electron chi connectivity index (χ0n) is 12.1. The Labute approximate surface area is 133 Å². The third kappa shape index (κ3) is 4.25. The van der Waals surface area contributed by atoms with Gasteiger partial charge in [0.25, 0.3) is 5.91 Å². The number of methoxy groups -OCH3 is 1. The summed E-state index contributed by atoms with van der Waals surface area (Å²) in [5, 5.41) is 3.01. The molecule has 3 N–H and O–H groups in total. The Morgan fingerprint density at radius 3 is 2.29 bits per heavy atom. The molecule has 0 aliphatic heterocycles. The van der Waals surface area contributed by atoms with E-state index in [1.54, 1.807) is 0 Å². The molecular formula is C14H18Cl2N2O3. The van der Waals surface area contributed by atoms with E-state index < -0.39 is 17.9 Å². The molecule has 2 atom stereocenters. The normalized spacial score (nSPS) is 13.4. The van der Waals surface area contributed by atoms with Crippen molar-refractivity contribution < 1.29 is 14.3 Å². The average Bonchev–Trinajstić information content (AvgIpc) is 2.47. The molecule has 0 aliphatic carbocycles. The van der Waals surface area contributed by atoms with Crippen LogP contribution in [0.2, 0.25) is 10.0 Å². The predicted molar refractivity (Wildman–Crippen MR) is 83.6 cm³/mol. The van der Waals surface area contributed by atoms with Crippen molar-refractivity contribution in [2.75, 3.05) is 12.8 Å². The number of carbonyl (C=O) groups excluding carboxylic acids is 2. The van der Waals surface area contributed by atoms with Crippen molar-refractivity contribution in [3.63, 3.8) is 0 Å². The van der Waals surface area contributed by atoms with E-state index in [2.05, 4.69) is 5.32 Å². The van der Waals surface area contributed by atoms with Gasteiger partial charge in [0.05, 0.1) is 22.8 Å². The molecular weight excluding hydrogens is 315 g/mol. The Balaban J connectivity index is 2.99. The van der Waals surface area contributed by atoms with Crippen molar-refractivity contribution in [1.82, 2.24) is 5.32 Å². The number of carbonyl (C=O) groups is 2. The highest BCUT2D eigenvalue weighted by Crippen LogP contribution is 2.28. The molecule has 0 heterocycles. The second-order valence-corrected chi connectivity index (χ2v) is 5.53. The number of nitrogens with one attached hydrogen (secondary N) is 1. The van der Waals surface area contributed by atoms with Crippen LogP contribution in [0.4, 0.5) is 5.69 Å². The minimum absolute atomic E-state index is 0.0684. The van der Waals surface area contributed by atoms with Crippen molar-refractivity contribution in [2.24, 2.45) is 5.92 Å². The van der Waals surface area contributed by atoms with Gasteiger partial charge in [-0.25, -0.2) is 4.79 Å². The molecule has 0 bridgehead atoms. The molecule has 1 amide bonds. The quantitative estimate of drug-likeness (QED) is 0.641. The SMILES string of the molecule is CCC(C)C(NC(=O)c1cc(Cl)c(N)c(Cl)c1)C(=O)OC. The van der Waals surface area contributed by atoms with Crippen molar-refractivity contribution in [3.05, 3.63) is 27.7 Å². The minimum atomic E-state index is -0.734. The molecule has 1 rings (SSSR count). The van der Waals surface area contributed by atoms with Crippen LogP contribution in [0.15, 0.2) is 12.1 Å². The molecule has 5 nitrogen and oxygen atoms in total. The first-order chi connectivity index (χ1) is 9.81. The van der Waals surface area contributed by atoms with E-state index in [1.165, 1.54) is 19.2 Å². The molecule has 21 heavy (non-hydrogen) atoms. The lowest BCUT2D eigenvalue weighted by Crippen LogP contribution is -2.45. The van der Waals surface area contributed by atoms with Crippen LogP contribution >= 0.6 is 23.2 Å². The van der Waals surface area contributed by atoms with Crippen molar-refractivity contribution in [3.8, 4) is 0 Å². The molecule has 0 aromatic heterocycles. The summed E-state index contributed by atoms with van der Waals surface area (Å²) in [6.07, 6.45) is 0.712. The van der Waals surface area contributed by atoms with Gasteiger partial charge >= 0.3 is 5.97 Å². The fraction of sp³-hybridized carbons (Fsp3) is 0.429. The molecule has 1 aromatic rings. The number of rotatable bonds is 5. The van der Waals surface area contributed by atoms with Gasteiger partial charge in [0.15, 0.2) is 0 Å². The lowest BCUT2D eigenvalue weighted by Gasteiger charge is -2.22. The zero-order valence-corrected chi connectivity index (χ0v) is 13.6. The summed E-state index contributed by atoms with van der Waals surface area (Å²) in [5.74, 6) is -1.03. The second-order valence-electron chi connectivity index (χ2n) is 4.71. The molecule has 0 saturated carbocycles. The molecule has 7 heteroatoms. The van der Waals surface area contributed by atoms with Crippen LogP contribution in [0.1, 0.15) is 30.6 Å². The highest BCUT2D eigenvalue weighted by atomic mass is 35.5. The van der Waals surface area contributed by atoms with Gasteiger partial charge < -0.3 is 15.8 Å². The number of halogens is 2. The average molecular weight is 333 g/mol. The van der Waals surface area contributed by atoms with E-state index in [9.17, 15) is 9.59 Å². The van der Waals surface area contributed by atoms with E-state index in [4.69, 9.17) is 33.7 Å². The van der Waals surface area contributed by atoms with Crippen molar-refractivity contribution >= 4 is 40.8 Å². The van der Waals surface area contributed by atoms with Gasteiger partial charge in [-0.05, 0) is 18.1 Å². The first-order valence-corrected chi connectivity index (χ1v) is 7.20. The molecule has 0 fully saturated rings. The summed E-state index contributed by atoms with van der Waals surface area (Å²) in [5.41, 5.74) is 6.06. The predicted octanol–water partition coefficient (Wildman–Crippen LogP) is 2.89. The Morgan fingerprint density at radius 1 is 1.33 bits per heavy atom. The Hall–Kier alpha value is -1.46. The molecule has 0 spiro atoms. The van der Waals surface area contributed by atoms with Gasteiger partial charge in [-0.1, -0.05) is 43.5 Å². The highest BCUT2D eigenvalue weighted by Gasteiger charge is 2.27. The summed E-state index contributed by atoms with van der Waals surface area (Å²) in [6, 6.07) is 2.08. The van der Waals surface area contributed by atoms with Crippen LogP contribution in [-0.2, 0) is 9.53 Å². The number of nitrogens with two attached hydrogens (primary N) is 1. The molecule has 116 valence electrons. The smallest absolute Gasteiger partial charge is 0.328 e. The van der Waals surface area contributed by atoms with Gasteiger partial charge in [0.2, 0.25) is 0 Å². The summed E-state index contributed by atoms with van der Waals surface area (Å²) >= 11 is 11.8. The molecule has 2 unspecified atom stereocenters. The van der Waals surface area contributed by atoms with Crippen molar-refractivity contribution in [1.29, 1.82) is 0 Å². The number of nitrogen functional groups attached to an aromatic ring is 1. The maximum atomic E-state index is 12.2. The van der Waals surface area contributed by atoms with Gasteiger partial charge in [0, 0.05) is 5.56 Å². The molecule has 0 aliphatic rings. The third-order valence-corrected chi connectivity index (χ3v) is 3.92. The van der Waals surface area contributed by atoms with E-state index in [1.807, 2.05) is 13.8 Å². The molecule has 1 aromatic carbocycles. The summed E-state index contributed by atoms with van der Waals surface area (Å²) < 4.78 is 4.71. The van der Waals surface area contributed by atoms with Crippen LogP contribution in [0.25, 0.3) is 0 Å². The Kier molecular flexibility index (Phi) is 6.30. The standard InChI is InChI=1S/C14H18Cl2N2O3/c1-4-7(2)12(14(20)21-3)18-13(19)8-5-9(15)11(17)10(16)6-8/h5-7,12H,4,17H2,1-3H3,(H,18,19). The number of ether oxygens (including phenoxy) is 1.